The average molecular weight is 435 g/mol. The van der Waals surface area contributed by atoms with Crippen LogP contribution in [-0.4, -0.2) is 53.0 Å². The van der Waals surface area contributed by atoms with Crippen LogP contribution in [0.3, 0.4) is 0 Å². The highest BCUT2D eigenvalue weighted by molar-refractivity contribution is 7.09. The molecule has 7 nitrogen and oxygen atoms in total. The van der Waals surface area contributed by atoms with E-state index in [2.05, 4.69) is 37.1 Å². The third kappa shape index (κ3) is 3.87. The summed E-state index contributed by atoms with van der Waals surface area (Å²) in [6, 6.07) is 11.9. The summed E-state index contributed by atoms with van der Waals surface area (Å²) in [5.74, 6) is 1.72. The fourth-order valence-corrected chi connectivity index (χ4v) is 5.15. The van der Waals surface area contributed by atoms with Crippen LogP contribution in [0.4, 0.5) is 16.6 Å². The van der Waals surface area contributed by atoms with Gasteiger partial charge in [0.1, 0.15) is 11.6 Å². The molecule has 1 aromatic carbocycles. The van der Waals surface area contributed by atoms with E-state index in [4.69, 9.17) is 0 Å². The molecule has 1 saturated heterocycles. The Kier molecular flexibility index (Phi) is 5.55. The predicted octanol–water partition coefficient (Wildman–Crippen LogP) is 3.42. The Balaban J connectivity index is 1.36. The van der Waals surface area contributed by atoms with Crippen molar-refractivity contribution in [3.63, 3.8) is 0 Å². The van der Waals surface area contributed by atoms with Gasteiger partial charge in [-0.15, -0.1) is 0 Å². The molecule has 0 unspecified atom stereocenters. The fraction of sp³-hybridized carbons (Fsp3) is 0.391. The lowest BCUT2D eigenvalue weighted by Gasteiger charge is -2.26. The summed E-state index contributed by atoms with van der Waals surface area (Å²) in [6.07, 6.45) is 4.52. The number of anilines is 3. The molecule has 0 spiro atoms. The fourth-order valence-electron chi connectivity index (χ4n) is 4.35. The van der Waals surface area contributed by atoms with E-state index in [0.717, 1.165) is 74.4 Å². The van der Waals surface area contributed by atoms with E-state index in [1.165, 1.54) is 17.1 Å². The first-order chi connectivity index (χ1) is 15.2. The summed E-state index contributed by atoms with van der Waals surface area (Å²) in [6.45, 7) is 6.24. The molecule has 0 saturated carbocycles. The minimum atomic E-state index is 0.0332. The standard InChI is InChI=1S/C23H26N6OS/c1-2-20-25-23(31-26-20)28-13-6-12-27(15-16-28)21-18(8-5-11-24-21)22(30)29-14-10-17-7-3-4-9-19(17)29/h3-5,7-9,11H,2,6,10,12-16H2,1H3. The average Bonchev–Trinajstić information content (AvgIpc) is 3.40. The van der Waals surface area contributed by atoms with Gasteiger partial charge in [-0.05, 0) is 36.6 Å². The van der Waals surface area contributed by atoms with Gasteiger partial charge in [-0.25, -0.2) is 9.97 Å². The maximum atomic E-state index is 13.5. The molecular formula is C23H26N6OS. The Hall–Kier alpha value is -3.00. The van der Waals surface area contributed by atoms with Gasteiger partial charge in [0, 0.05) is 62.6 Å². The van der Waals surface area contributed by atoms with Gasteiger partial charge in [0.25, 0.3) is 5.91 Å². The minimum absolute atomic E-state index is 0.0332. The highest BCUT2D eigenvalue weighted by Gasteiger charge is 2.29. The molecule has 2 aliphatic rings. The lowest BCUT2D eigenvalue weighted by atomic mass is 10.1. The number of benzene rings is 1. The van der Waals surface area contributed by atoms with E-state index in [0.29, 0.717) is 5.56 Å². The van der Waals surface area contributed by atoms with Crippen LogP contribution < -0.4 is 14.7 Å². The Morgan fingerprint density at radius 3 is 2.74 bits per heavy atom. The van der Waals surface area contributed by atoms with Crippen molar-refractivity contribution in [2.45, 2.75) is 26.2 Å². The second-order valence-electron chi connectivity index (χ2n) is 7.88. The molecule has 2 aromatic heterocycles. The summed E-state index contributed by atoms with van der Waals surface area (Å²) in [7, 11) is 0. The van der Waals surface area contributed by atoms with Crippen LogP contribution >= 0.6 is 11.5 Å². The number of rotatable bonds is 4. The molecular weight excluding hydrogens is 408 g/mol. The number of pyridine rings is 1. The SMILES string of the molecule is CCc1nsc(N2CCCN(c3ncccc3C(=O)N3CCc4ccccc43)CC2)n1. The van der Waals surface area contributed by atoms with Crippen molar-refractivity contribution < 1.29 is 4.79 Å². The maximum Gasteiger partial charge on any atom is 0.262 e. The summed E-state index contributed by atoms with van der Waals surface area (Å²) in [5, 5.41) is 0.990. The molecule has 2 aliphatic heterocycles. The van der Waals surface area contributed by atoms with E-state index < -0.39 is 0 Å². The predicted molar refractivity (Wildman–Crippen MR) is 124 cm³/mol. The van der Waals surface area contributed by atoms with Crippen LogP contribution in [0.25, 0.3) is 0 Å². The van der Waals surface area contributed by atoms with Crippen molar-refractivity contribution in [3.8, 4) is 0 Å². The molecule has 0 bridgehead atoms. The van der Waals surface area contributed by atoms with E-state index in [-0.39, 0.29) is 5.91 Å². The number of fused-ring (bicyclic) bond motifs is 1. The summed E-state index contributed by atoms with van der Waals surface area (Å²) in [4.78, 5) is 29.3. The molecule has 31 heavy (non-hydrogen) atoms. The van der Waals surface area contributed by atoms with Crippen molar-refractivity contribution in [1.82, 2.24) is 14.3 Å². The van der Waals surface area contributed by atoms with E-state index in [1.54, 1.807) is 6.20 Å². The zero-order valence-electron chi connectivity index (χ0n) is 17.7. The maximum absolute atomic E-state index is 13.5. The van der Waals surface area contributed by atoms with Gasteiger partial charge in [0.2, 0.25) is 5.13 Å². The van der Waals surface area contributed by atoms with Crippen LogP contribution in [0, 0.1) is 0 Å². The first-order valence-electron chi connectivity index (χ1n) is 10.9. The molecule has 1 fully saturated rings. The quantitative estimate of drug-likeness (QED) is 0.627. The first-order valence-corrected chi connectivity index (χ1v) is 11.7. The Bertz CT molecular complexity index is 1080. The van der Waals surface area contributed by atoms with Crippen LogP contribution in [0.15, 0.2) is 42.6 Å². The van der Waals surface area contributed by atoms with Gasteiger partial charge in [-0.2, -0.15) is 4.37 Å². The Morgan fingerprint density at radius 1 is 1.03 bits per heavy atom. The smallest absolute Gasteiger partial charge is 0.262 e. The van der Waals surface area contributed by atoms with Gasteiger partial charge in [0.15, 0.2) is 0 Å². The normalized spacial score (nSPS) is 16.4. The van der Waals surface area contributed by atoms with Crippen LogP contribution in [0.1, 0.15) is 35.1 Å². The molecule has 3 aromatic rings. The lowest BCUT2D eigenvalue weighted by Crippen LogP contribution is -2.34. The number of nitrogens with zero attached hydrogens (tertiary/aromatic N) is 6. The Labute approximate surface area is 186 Å². The second-order valence-corrected chi connectivity index (χ2v) is 8.61. The second kappa shape index (κ2) is 8.63. The first kappa shape index (κ1) is 19.9. The van der Waals surface area contributed by atoms with Crippen molar-refractivity contribution in [2.24, 2.45) is 0 Å². The molecule has 1 amide bonds. The molecule has 4 heterocycles. The topological polar surface area (TPSA) is 65.5 Å². The molecule has 0 radical (unpaired) electrons. The molecule has 5 rings (SSSR count). The number of hydrogen-bond donors (Lipinski definition) is 0. The number of aromatic nitrogens is 3. The van der Waals surface area contributed by atoms with Gasteiger partial charge in [0.05, 0.1) is 5.56 Å². The van der Waals surface area contributed by atoms with E-state index in [1.807, 2.05) is 35.2 Å². The van der Waals surface area contributed by atoms with Crippen LogP contribution in [0.5, 0.6) is 0 Å². The summed E-state index contributed by atoms with van der Waals surface area (Å²) >= 11 is 1.48. The molecule has 160 valence electrons. The van der Waals surface area contributed by atoms with Crippen molar-refractivity contribution in [1.29, 1.82) is 0 Å². The molecule has 8 heteroatoms. The largest absolute Gasteiger partial charge is 0.354 e. The lowest BCUT2D eigenvalue weighted by molar-refractivity contribution is 0.0989. The van der Waals surface area contributed by atoms with E-state index >= 15 is 0 Å². The highest BCUT2D eigenvalue weighted by Crippen LogP contribution is 2.31. The van der Waals surface area contributed by atoms with Crippen molar-refractivity contribution in [3.05, 3.63) is 59.5 Å². The number of amides is 1. The zero-order chi connectivity index (χ0) is 21.2. The third-order valence-electron chi connectivity index (χ3n) is 5.99. The number of carbonyl (C=O) groups is 1. The van der Waals surface area contributed by atoms with Gasteiger partial charge in [-0.3, -0.25) is 4.79 Å². The minimum Gasteiger partial charge on any atom is -0.354 e. The summed E-state index contributed by atoms with van der Waals surface area (Å²) in [5.41, 5.74) is 2.93. The molecule has 0 aliphatic carbocycles. The number of carbonyl (C=O) groups excluding carboxylic acids is 1. The third-order valence-corrected chi connectivity index (χ3v) is 6.80. The monoisotopic (exact) mass is 434 g/mol. The van der Waals surface area contributed by atoms with Gasteiger partial charge >= 0.3 is 0 Å². The zero-order valence-corrected chi connectivity index (χ0v) is 18.5. The molecule has 0 N–H and O–H groups in total. The van der Waals surface area contributed by atoms with Gasteiger partial charge in [-0.1, -0.05) is 25.1 Å². The van der Waals surface area contributed by atoms with Crippen molar-refractivity contribution in [2.75, 3.05) is 47.4 Å². The number of aryl methyl sites for hydroxylation is 1. The van der Waals surface area contributed by atoms with Crippen molar-refractivity contribution >= 4 is 34.1 Å². The van der Waals surface area contributed by atoms with Gasteiger partial charge < -0.3 is 14.7 Å². The van der Waals surface area contributed by atoms with E-state index in [9.17, 15) is 4.79 Å². The highest BCUT2D eigenvalue weighted by atomic mass is 32.1. The van der Waals surface area contributed by atoms with Crippen LogP contribution in [0.2, 0.25) is 0 Å². The molecule has 0 atom stereocenters. The van der Waals surface area contributed by atoms with Crippen LogP contribution in [-0.2, 0) is 12.8 Å². The Morgan fingerprint density at radius 2 is 1.87 bits per heavy atom. The summed E-state index contributed by atoms with van der Waals surface area (Å²) < 4.78 is 4.43. The number of hydrogen-bond acceptors (Lipinski definition) is 7. The number of para-hydroxylation sites is 1.